The highest BCUT2D eigenvalue weighted by atomic mass is 16.6. The molecule has 6 rings (SSSR count). The van der Waals surface area contributed by atoms with Crippen molar-refractivity contribution in [3.8, 4) is 34.2 Å². The number of rotatable bonds is 13. The number of tetrazole rings is 1. The molecule has 248 valence electrons. The number of methoxy groups -OCH3 is 1. The van der Waals surface area contributed by atoms with Crippen LogP contribution in [0, 0.1) is 6.92 Å². The summed E-state index contributed by atoms with van der Waals surface area (Å²) in [6.45, 7) is 3.89. The lowest BCUT2D eigenvalue weighted by molar-refractivity contribution is -0.148. The molecular formula is C37H36N8O4. The van der Waals surface area contributed by atoms with Crippen LogP contribution in [0.5, 0.6) is 5.75 Å². The first-order valence-electron chi connectivity index (χ1n) is 16.1. The molecule has 0 radical (unpaired) electrons. The monoisotopic (exact) mass is 656 g/mol. The van der Waals surface area contributed by atoms with Crippen molar-refractivity contribution >= 4 is 5.97 Å². The zero-order chi connectivity index (χ0) is 34.2. The molecule has 0 spiro atoms. The van der Waals surface area contributed by atoms with E-state index in [0.717, 1.165) is 46.4 Å². The Labute approximate surface area is 283 Å². The molecule has 0 aliphatic heterocycles. The fourth-order valence-corrected chi connectivity index (χ4v) is 5.68. The van der Waals surface area contributed by atoms with Gasteiger partial charge >= 0.3 is 5.97 Å². The van der Waals surface area contributed by atoms with Gasteiger partial charge in [-0.1, -0.05) is 92.2 Å². The van der Waals surface area contributed by atoms with E-state index in [1.807, 2.05) is 78.9 Å². The molecule has 0 saturated heterocycles. The third kappa shape index (κ3) is 7.59. The molecule has 0 aliphatic carbocycles. The number of aromatic nitrogens is 8. The second-order valence-electron chi connectivity index (χ2n) is 11.5. The Balaban J connectivity index is 1.27. The molecule has 1 unspecified atom stereocenters. The maximum absolute atomic E-state index is 14.2. The van der Waals surface area contributed by atoms with Crippen LogP contribution >= 0.6 is 0 Å². The Morgan fingerprint density at radius 1 is 0.918 bits per heavy atom. The third-order valence-corrected chi connectivity index (χ3v) is 8.18. The van der Waals surface area contributed by atoms with Crippen LogP contribution in [-0.2, 0) is 28.8 Å². The number of ether oxygens (including phenoxy) is 2. The highest BCUT2D eigenvalue weighted by Crippen LogP contribution is 2.30. The Kier molecular flexibility index (Phi) is 10.2. The standard InChI is InChI=1S/C37H36N8O4/c1-4-5-15-32-31(20-26-16-18-27(19-17-26)29-13-9-10-14-30(29)34-41-43-44-42-34)35(46)45(24(2)40-32)37-38-22-28(23-39-37)49-33(36(47)48-3)21-25-11-7-6-8-12-25/h6-14,16-19,22-23,33H,4-5,15,20-21H2,1-3H3,(H,41,42,43,44). The van der Waals surface area contributed by atoms with Gasteiger partial charge in [0, 0.05) is 24.0 Å². The molecule has 0 amide bonds. The fraction of sp³-hybridized carbons (Fsp3) is 0.243. The topological polar surface area (TPSA) is 151 Å². The fourth-order valence-electron chi connectivity index (χ4n) is 5.68. The van der Waals surface area contributed by atoms with E-state index in [1.54, 1.807) is 6.92 Å². The average Bonchev–Trinajstić information content (AvgIpc) is 3.68. The molecule has 0 fully saturated rings. The number of aryl methyl sites for hydroxylation is 2. The first-order valence-corrected chi connectivity index (χ1v) is 16.1. The van der Waals surface area contributed by atoms with Gasteiger partial charge in [-0.15, -0.1) is 10.2 Å². The predicted octanol–water partition coefficient (Wildman–Crippen LogP) is 5.27. The summed E-state index contributed by atoms with van der Waals surface area (Å²) >= 11 is 0. The Hall–Kier alpha value is -6.04. The molecule has 3 heterocycles. The maximum atomic E-state index is 14.2. The van der Waals surface area contributed by atoms with Crippen LogP contribution in [0.2, 0.25) is 0 Å². The molecular weight excluding hydrogens is 620 g/mol. The predicted molar refractivity (Wildman–Crippen MR) is 183 cm³/mol. The largest absolute Gasteiger partial charge is 0.475 e. The molecule has 0 aliphatic rings. The van der Waals surface area contributed by atoms with Crippen LogP contribution in [0.3, 0.4) is 0 Å². The van der Waals surface area contributed by atoms with Crippen molar-refractivity contribution < 1.29 is 14.3 Å². The van der Waals surface area contributed by atoms with Gasteiger partial charge in [-0.2, -0.15) is 5.21 Å². The second-order valence-corrected chi connectivity index (χ2v) is 11.5. The third-order valence-electron chi connectivity index (χ3n) is 8.18. The summed E-state index contributed by atoms with van der Waals surface area (Å²) in [7, 11) is 1.32. The number of esters is 1. The van der Waals surface area contributed by atoms with Crippen LogP contribution in [-0.4, -0.2) is 59.3 Å². The van der Waals surface area contributed by atoms with Crippen LogP contribution in [0.1, 0.15) is 48.0 Å². The van der Waals surface area contributed by atoms with Crippen molar-refractivity contribution in [3.63, 3.8) is 0 Å². The number of hydrogen-bond donors (Lipinski definition) is 1. The van der Waals surface area contributed by atoms with E-state index in [0.29, 0.717) is 36.5 Å². The molecule has 6 aromatic rings. The van der Waals surface area contributed by atoms with Crippen molar-refractivity contribution in [1.82, 2.24) is 40.1 Å². The first kappa shape index (κ1) is 32.9. The Morgan fingerprint density at radius 2 is 1.63 bits per heavy atom. The van der Waals surface area contributed by atoms with E-state index < -0.39 is 12.1 Å². The molecule has 12 heteroatoms. The zero-order valence-corrected chi connectivity index (χ0v) is 27.5. The number of carbonyl (C=O) groups is 1. The Morgan fingerprint density at radius 3 is 2.31 bits per heavy atom. The number of nitrogens with zero attached hydrogens (tertiary/aromatic N) is 7. The summed E-state index contributed by atoms with van der Waals surface area (Å²) in [5.74, 6) is 0.925. The zero-order valence-electron chi connectivity index (χ0n) is 27.5. The van der Waals surface area contributed by atoms with Gasteiger partial charge in [0.2, 0.25) is 11.8 Å². The minimum Gasteiger partial charge on any atom is -0.475 e. The van der Waals surface area contributed by atoms with E-state index in [9.17, 15) is 9.59 Å². The summed E-state index contributed by atoms with van der Waals surface area (Å²) in [6, 6.07) is 25.5. The maximum Gasteiger partial charge on any atom is 0.347 e. The first-order chi connectivity index (χ1) is 23.9. The molecule has 3 aromatic heterocycles. The number of H-pyrrole nitrogens is 1. The number of unbranched alkanes of at least 4 members (excludes halogenated alkanes) is 1. The van der Waals surface area contributed by atoms with Crippen molar-refractivity contribution in [2.24, 2.45) is 0 Å². The van der Waals surface area contributed by atoms with Crippen LogP contribution in [0.4, 0.5) is 0 Å². The summed E-state index contributed by atoms with van der Waals surface area (Å²) in [4.78, 5) is 40.4. The van der Waals surface area contributed by atoms with Gasteiger partial charge in [0.15, 0.2) is 11.9 Å². The quantitative estimate of drug-likeness (QED) is 0.163. The van der Waals surface area contributed by atoms with Crippen LogP contribution < -0.4 is 10.3 Å². The van der Waals surface area contributed by atoms with Crippen molar-refractivity contribution in [3.05, 3.63) is 130 Å². The highest BCUT2D eigenvalue weighted by Gasteiger charge is 2.23. The summed E-state index contributed by atoms with van der Waals surface area (Å²) < 4.78 is 12.3. The molecule has 1 atom stereocenters. The van der Waals surface area contributed by atoms with E-state index in [1.165, 1.54) is 24.1 Å². The van der Waals surface area contributed by atoms with Crippen LogP contribution in [0.25, 0.3) is 28.5 Å². The molecule has 49 heavy (non-hydrogen) atoms. The summed E-state index contributed by atoms with van der Waals surface area (Å²) in [5, 5.41) is 14.5. The molecule has 3 aromatic carbocycles. The summed E-state index contributed by atoms with van der Waals surface area (Å²) in [6.07, 6.45) is 5.27. The molecule has 0 bridgehead atoms. The van der Waals surface area contributed by atoms with E-state index in [-0.39, 0.29) is 17.3 Å². The molecule has 0 saturated carbocycles. The highest BCUT2D eigenvalue weighted by molar-refractivity contribution is 5.80. The smallest absolute Gasteiger partial charge is 0.347 e. The number of benzene rings is 3. The lowest BCUT2D eigenvalue weighted by Gasteiger charge is -2.17. The van der Waals surface area contributed by atoms with E-state index >= 15 is 0 Å². The van der Waals surface area contributed by atoms with Gasteiger partial charge in [0.25, 0.3) is 5.56 Å². The number of nitrogens with one attached hydrogen (secondary N) is 1. The second kappa shape index (κ2) is 15.2. The number of hydrogen-bond acceptors (Lipinski definition) is 10. The normalized spacial score (nSPS) is 11.7. The van der Waals surface area contributed by atoms with E-state index in [2.05, 4.69) is 37.5 Å². The number of carbonyl (C=O) groups excluding carboxylic acids is 1. The summed E-state index contributed by atoms with van der Waals surface area (Å²) in [5.41, 5.74) is 5.85. The minimum absolute atomic E-state index is 0.164. The van der Waals surface area contributed by atoms with Gasteiger partial charge in [-0.05, 0) is 47.2 Å². The van der Waals surface area contributed by atoms with Gasteiger partial charge in [-0.3, -0.25) is 4.79 Å². The lowest BCUT2D eigenvalue weighted by Crippen LogP contribution is -2.31. The van der Waals surface area contributed by atoms with Gasteiger partial charge in [0.05, 0.1) is 25.2 Å². The number of aromatic amines is 1. The van der Waals surface area contributed by atoms with E-state index in [4.69, 9.17) is 14.5 Å². The Bertz CT molecular complexity index is 2060. The SMILES string of the molecule is CCCCc1nc(C)n(-c2ncc(OC(Cc3ccccc3)C(=O)OC)cn2)c(=O)c1Cc1ccc(-c2ccccc2-c2nn[nH]n2)cc1. The van der Waals surface area contributed by atoms with Gasteiger partial charge in [0.1, 0.15) is 5.82 Å². The van der Waals surface area contributed by atoms with Crippen molar-refractivity contribution in [1.29, 1.82) is 0 Å². The average molecular weight is 657 g/mol. The van der Waals surface area contributed by atoms with Crippen LogP contribution in [0.15, 0.2) is 96.1 Å². The molecule has 12 nitrogen and oxygen atoms in total. The van der Waals surface area contributed by atoms with Gasteiger partial charge in [-0.25, -0.2) is 24.3 Å². The lowest BCUT2D eigenvalue weighted by atomic mass is 9.96. The van der Waals surface area contributed by atoms with Gasteiger partial charge < -0.3 is 9.47 Å². The molecule has 1 N–H and O–H groups in total. The van der Waals surface area contributed by atoms with Crippen molar-refractivity contribution in [2.45, 2.75) is 52.1 Å². The minimum atomic E-state index is -0.892. The van der Waals surface area contributed by atoms with Crippen molar-refractivity contribution in [2.75, 3.05) is 7.11 Å².